The number of anilines is 1. The standard InChI is InChI=1S/C12H14N4O2/c1-2-4-9-7-12(13)15(14-9)10-5-3-6-11(8-10)16(17)18/h3,5-8H,2,4,13H2,1H3. The molecule has 0 fully saturated rings. The minimum atomic E-state index is -0.434. The largest absolute Gasteiger partial charge is 0.384 e. The van der Waals surface area contributed by atoms with Gasteiger partial charge in [0.05, 0.1) is 16.3 Å². The highest BCUT2D eigenvalue weighted by Gasteiger charge is 2.10. The maximum Gasteiger partial charge on any atom is 0.271 e. The molecule has 18 heavy (non-hydrogen) atoms. The van der Waals surface area contributed by atoms with E-state index < -0.39 is 4.92 Å². The zero-order valence-corrected chi connectivity index (χ0v) is 10.0. The first-order valence-electron chi connectivity index (χ1n) is 5.71. The van der Waals surface area contributed by atoms with Gasteiger partial charge >= 0.3 is 0 Å². The molecular weight excluding hydrogens is 232 g/mol. The number of nitrogens with two attached hydrogens (primary N) is 1. The number of benzene rings is 1. The number of nitrogens with zero attached hydrogens (tertiary/aromatic N) is 3. The van der Waals surface area contributed by atoms with Crippen LogP contribution in [0.2, 0.25) is 0 Å². The number of nitro benzene ring substituents is 1. The van der Waals surface area contributed by atoms with E-state index in [2.05, 4.69) is 12.0 Å². The van der Waals surface area contributed by atoms with Gasteiger partial charge in [-0.1, -0.05) is 19.4 Å². The maximum absolute atomic E-state index is 10.7. The Balaban J connectivity index is 2.41. The van der Waals surface area contributed by atoms with Crippen molar-refractivity contribution in [1.29, 1.82) is 0 Å². The van der Waals surface area contributed by atoms with Crippen molar-refractivity contribution in [2.24, 2.45) is 0 Å². The van der Waals surface area contributed by atoms with Crippen molar-refractivity contribution in [3.63, 3.8) is 0 Å². The third-order valence-corrected chi connectivity index (χ3v) is 2.58. The number of non-ortho nitro benzene ring substituents is 1. The van der Waals surface area contributed by atoms with Crippen LogP contribution in [0.4, 0.5) is 11.5 Å². The van der Waals surface area contributed by atoms with Gasteiger partial charge in [0.2, 0.25) is 0 Å². The fourth-order valence-corrected chi connectivity index (χ4v) is 1.77. The highest BCUT2D eigenvalue weighted by Crippen LogP contribution is 2.20. The molecular formula is C12H14N4O2. The fourth-order valence-electron chi connectivity index (χ4n) is 1.77. The summed E-state index contributed by atoms with van der Waals surface area (Å²) < 4.78 is 1.53. The van der Waals surface area contributed by atoms with Crippen LogP contribution in [0, 0.1) is 10.1 Å². The van der Waals surface area contributed by atoms with E-state index in [1.165, 1.54) is 16.8 Å². The quantitative estimate of drug-likeness (QED) is 0.662. The van der Waals surface area contributed by atoms with Crippen LogP contribution in [-0.2, 0) is 6.42 Å². The number of nitro groups is 1. The van der Waals surface area contributed by atoms with Gasteiger partial charge in [0.15, 0.2) is 0 Å². The van der Waals surface area contributed by atoms with E-state index in [-0.39, 0.29) is 5.69 Å². The minimum Gasteiger partial charge on any atom is -0.384 e. The summed E-state index contributed by atoms with van der Waals surface area (Å²) in [7, 11) is 0. The summed E-state index contributed by atoms with van der Waals surface area (Å²) in [4.78, 5) is 10.3. The van der Waals surface area contributed by atoms with Gasteiger partial charge in [-0.3, -0.25) is 10.1 Å². The predicted octanol–water partition coefficient (Wildman–Crippen LogP) is 2.32. The Labute approximate surface area is 104 Å². The van der Waals surface area contributed by atoms with Crippen LogP contribution in [0.1, 0.15) is 19.0 Å². The Kier molecular flexibility index (Phi) is 3.27. The SMILES string of the molecule is CCCc1cc(N)n(-c2cccc([N+](=O)[O-])c2)n1. The van der Waals surface area contributed by atoms with Crippen LogP contribution in [0.3, 0.4) is 0 Å². The van der Waals surface area contributed by atoms with E-state index in [1.807, 2.05) is 0 Å². The summed E-state index contributed by atoms with van der Waals surface area (Å²) in [6.07, 6.45) is 1.82. The fraction of sp³-hybridized carbons (Fsp3) is 0.250. The molecule has 2 rings (SSSR count). The second kappa shape index (κ2) is 4.87. The molecule has 0 radical (unpaired) electrons. The van der Waals surface area contributed by atoms with E-state index in [9.17, 15) is 10.1 Å². The average Bonchev–Trinajstić information content (AvgIpc) is 2.71. The van der Waals surface area contributed by atoms with Crippen LogP contribution < -0.4 is 5.73 Å². The Bertz CT molecular complexity index is 577. The average molecular weight is 246 g/mol. The molecule has 0 amide bonds. The number of aromatic nitrogens is 2. The van der Waals surface area contributed by atoms with E-state index in [0.29, 0.717) is 11.5 Å². The Morgan fingerprint density at radius 2 is 2.22 bits per heavy atom. The molecule has 6 heteroatoms. The van der Waals surface area contributed by atoms with Gasteiger partial charge in [-0.15, -0.1) is 0 Å². The number of nitrogen functional groups attached to an aromatic ring is 1. The first-order valence-corrected chi connectivity index (χ1v) is 5.71. The number of rotatable bonds is 4. The molecule has 0 bridgehead atoms. The molecule has 0 atom stereocenters. The van der Waals surface area contributed by atoms with Gasteiger partial charge in [0, 0.05) is 18.2 Å². The summed E-state index contributed by atoms with van der Waals surface area (Å²) in [6, 6.07) is 8.05. The molecule has 0 saturated heterocycles. The molecule has 2 N–H and O–H groups in total. The second-order valence-electron chi connectivity index (χ2n) is 4.00. The van der Waals surface area contributed by atoms with Gasteiger partial charge < -0.3 is 5.73 Å². The van der Waals surface area contributed by atoms with Crippen LogP contribution in [-0.4, -0.2) is 14.7 Å². The lowest BCUT2D eigenvalue weighted by atomic mass is 10.2. The lowest BCUT2D eigenvalue weighted by Gasteiger charge is -2.03. The summed E-state index contributed by atoms with van der Waals surface area (Å²) >= 11 is 0. The second-order valence-corrected chi connectivity index (χ2v) is 4.00. The topological polar surface area (TPSA) is 87.0 Å². The Morgan fingerprint density at radius 1 is 1.44 bits per heavy atom. The highest BCUT2D eigenvalue weighted by atomic mass is 16.6. The first-order chi connectivity index (χ1) is 8.61. The lowest BCUT2D eigenvalue weighted by Crippen LogP contribution is -2.02. The zero-order valence-electron chi connectivity index (χ0n) is 10.0. The number of aryl methyl sites for hydroxylation is 1. The molecule has 1 aromatic carbocycles. The molecule has 0 aliphatic rings. The third-order valence-electron chi connectivity index (χ3n) is 2.58. The van der Waals surface area contributed by atoms with Crippen molar-refractivity contribution in [3.05, 3.63) is 46.1 Å². The van der Waals surface area contributed by atoms with E-state index in [1.54, 1.807) is 18.2 Å². The molecule has 1 aromatic heterocycles. The molecule has 0 aliphatic heterocycles. The van der Waals surface area contributed by atoms with Crippen molar-refractivity contribution in [2.45, 2.75) is 19.8 Å². The summed E-state index contributed by atoms with van der Waals surface area (Å²) in [5.74, 6) is 0.485. The minimum absolute atomic E-state index is 0.0273. The zero-order chi connectivity index (χ0) is 13.1. The molecule has 2 aromatic rings. The Hall–Kier alpha value is -2.37. The summed E-state index contributed by atoms with van der Waals surface area (Å²) in [5.41, 5.74) is 7.38. The molecule has 0 aliphatic carbocycles. The predicted molar refractivity (Wildman–Crippen MR) is 68.6 cm³/mol. The normalized spacial score (nSPS) is 10.5. The van der Waals surface area contributed by atoms with E-state index >= 15 is 0 Å². The van der Waals surface area contributed by atoms with E-state index in [4.69, 9.17) is 5.73 Å². The van der Waals surface area contributed by atoms with Gasteiger partial charge in [-0.25, -0.2) is 4.68 Å². The monoisotopic (exact) mass is 246 g/mol. The maximum atomic E-state index is 10.7. The third kappa shape index (κ3) is 2.32. The van der Waals surface area contributed by atoms with Gasteiger partial charge in [-0.05, 0) is 12.5 Å². The van der Waals surface area contributed by atoms with Crippen LogP contribution in [0.25, 0.3) is 5.69 Å². The van der Waals surface area contributed by atoms with Gasteiger partial charge in [0.1, 0.15) is 5.82 Å². The summed E-state index contributed by atoms with van der Waals surface area (Å²) in [5, 5.41) is 15.1. The molecule has 0 spiro atoms. The summed E-state index contributed by atoms with van der Waals surface area (Å²) in [6.45, 7) is 2.06. The van der Waals surface area contributed by atoms with Crippen molar-refractivity contribution >= 4 is 11.5 Å². The van der Waals surface area contributed by atoms with Gasteiger partial charge in [-0.2, -0.15) is 5.10 Å². The van der Waals surface area contributed by atoms with Gasteiger partial charge in [0.25, 0.3) is 5.69 Å². The lowest BCUT2D eigenvalue weighted by molar-refractivity contribution is -0.384. The Morgan fingerprint density at radius 3 is 2.89 bits per heavy atom. The van der Waals surface area contributed by atoms with Crippen LogP contribution in [0.5, 0.6) is 0 Å². The number of hydrogen-bond donors (Lipinski definition) is 1. The van der Waals surface area contributed by atoms with Crippen LogP contribution >= 0.6 is 0 Å². The van der Waals surface area contributed by atoms with Crippen molar-refractivity contribution < 1.29 is 4.92 Å². The van der Waals surface area contributed by atoms with Crippen LogP contribution in [0.15, 0.2) is 30.3 Å². The first kappa shape index (κ1) is 12.1. The molecule has 0 unspecified atom stereocenters. The number of hydrogen-bond acceptors (Lipinski definition) is 4. The smallest absolute Gasteiger partial charge is 0.271 e. The highest BCUT2D eigenvalue weighted by molar-refractivity contribution is 5.48. The van der Waals surface area contributed by atoms with Crippen molar-refractivity contribution in [1.82, 2.24) is 9.78 Å². The molecule has 0 saturated carbocycles. The molecule has 6 nitrogen and oxygen atoms in total. The molecule has 1 heterocycles. The van der Waals surface area contributed by atoms with Crippen molar-refractivity contribution in [3.8, 4) is 5.69 Å². The molecule has 94 valence electrons. The van der Waals surface area contributed by atoms with Crippen molar-refractivity contribution in [2.75, 3.05) is 5.73 Å². The van der Waals surface area contributed by atoms with E-state index in [0.717, 1.165) is 18.5 Å².